The van der Waals surface area contributed by atoms with Gasteiger partial charge in [0.15, 0.2) is 8.32 Å². The van der Waals surface area contributed by atoms with Crippen molar-refractivity contribution in [3.05, 3.63) is 54.1 Å². The molecule has 2 aromatic carbocycles. The number of hydrogen-bond acceptors (Lipinski definition) is 4. The van der Waals surface area contributed by atoms with E-state index in [1.807, 2.05) is 24.3 Å². The highest BCUT2D eigenvalue weighted by atomic mass is 28.5. The summed E-state index contributed by atoms with van der Waals surface area (Å²) in [4.78, 5) is 0. The molecule has 0 unspecified atom stereocenters. The van der Waals surface area contributed by atoms with Crippen molar-refractivity contribution < 1.29 is 12.3 Å². The summed E-state index contributed by atoms with van der Waals surface area (Å²) in [5.74, 6) is 0. The van der Waals surface area contributed by atoms with E-state index in [2.05, 4.69) is 89.6 Å². The number of rotatable bonds is 14. The SMILES string of the molecule is CCCCCCC[Si](C)(C)O[Si](C)(C)O[Si](C)(C)O[Si](C)(C)c1ccc(-c2ccc(C#N)cc2)cc1. The lowest BCUT2D eigenvalue weighted by Gasteiger charge is -2.41. The maximum Gasteiger partial charge on any atom is 0.312 e. The molecule has 2 rings (SSSR count). The van der Waals surface area contributed by atoms with Gasteiger partial charge in [0, 0.05) is 0 Å². The Morgan fingerprint density at radius 3 is 1.67 bits per heavy atom. The summed E-state index contributed by atoms with van der Waals surface area (Å²) in [7, 11) is -8.66. The second kappa shape index (κ2) is 13.0. The Morgan fingerprint density at radius 2 is 1.14 bits per heavy atom. The largest absolute Gasteiger partial charge is 0.436 e. The van der Waals surface area contributed by atoms with Crippen molar-refractivity contribution in [1.82, 2.24) is 0 Å². The number of benzene rings is 2. The highest BCUT2D eigenvalue weighted by Crippen LogP contribution is 2.27. The number of hydrogen-bond donors (Lipinski definition) is 0. The lowest BCUT2D eigenvalue weighted by atomic mass is 10.0. The quantitative estimate of drug-likeness (QED) is 0.173. The Hall–Kier alpha value is -1.32. The van der Waals surface area contributed by atoms with Gasteiger partial charge in [-0.25, -0.2) is 0 Å². The molecule has 0 aliphatic heterocycles. The van der Waals surface area contributed by atoms with Crippen molar-refractivity contribution in [2.45, 2.75) is 97.4 Å². The second-order valence-electron chi connectivity index (χ2n) is 11.8. The van der Waals surface area contributed by atoms with Gasteiger partial charge >= 0.3 is 17.1 Å². The zero-order valence-electron chi connectivity index (χ0n) is 24.0. The van der Waals surface area contributed by atoms with Crippen molar-refractivity contribution in [2.24, 2.45) is 0 Å². The van der Waals surface area contributed by atoms with Crippen molar-refractivity contribution in [1.29, 1.82) is 5.26 Å². The third kappa shape index (κ3) is 10.2. The van der Waals surface area contributed by atoms with Crippen LogP contribution in [0.3, 0.4) is 0 Å². The van der Waals surface area contributed by atoms with Gasteiger partial charge < -0.3 is 12.3 Å². The lowest BCUT2D eigenvalue weighted by molar-refractivity contribution is 0.330. The van der Waals surface area contributed by atoms with Crippen LogP contribution in [-0.2, 0) is 12.3 Å². The number of nitrogens with zero attached hydrogens (tertiary/aromatic N) is 1. The van der Waals surface area contributed by atoms with E-state index in [1.165, 1.54) is 43.3 Å². The summed E-state index contributed by atoms with van der Waals surface area (Å²) in [6, 6.07) is 19.8. The van der Waals surface area contributed by atoms with Crippen LogP contribution in [0.4, 0.5) is 0 Å². The van der Waals surface area contributed by atoms with E-state index in [9.17, 15) is 0 Å². The molecule has 198 valence electrons. The van der Waals surface area contributed by atoms with Crippen LogP contribution in [-0.4, -0.2) is 33.8 Å². The Bertz CT molecular complexity index is 997. The monoisotopic (exact) mass is 557 g/mol. The molecule has 0 heterocycles. The topological polar surface area (TPSA) is 51.5 Å². The third-order valence-corrected chi connectivity index (χ3v) is 21.7. The number of unbranched alkanes of at least 4 members (excludes halogenated alkanes) is 4. The molecule has 0 saturated heterocycles. The van der Waals surface area contributed by atoms with Gasteiger partial charge in [-0.1, -0.05) is 75.4 Å². The first kappa shape index (κ1) is 30.9. The molecule has 0 aliphatic carbocycles. The molecule has 0 saturated carbocycles. The van der Waals surface area contributed by atoms with E-state index in [4.69, 9.17) is 17.6 Å². The van der Waals surface area contributed by atoms with Gasteiger partial charge in [-0.3, -0.25) is 0 Å². The first-order valence-electron chi connectivity index (χ1n) is 13.4. The fourth-order valence-corrected chi connectivity index (χ4v) is 24.0. The predicted octanol–water partition coefficient (Wildman–Crippen LogP) is 8.27. The van der Waals surface area contributed by atoms with Crippen molar-refractivity contribution in [3.63, 3.8) is 0 Å². The molecule has 2 aromatic rings. The van der Waals surface area contributed by atoms with Gasteiger partial charge in [0.2, 0.25) is 8.32 Å². The van der Waals surface area contributed by atoms with Gasteiger partial charge in [0.25, 0.3) is 0 Å². The summed E-state index contributed by atoms with van der Waals surface area (Å²) in [6.45, 7) is 20.2. The molecule has 4 nitrogen and oxygen atoms in total. The first-order chi connectivity index (χ1) is 16.7. The minimum Gasteiger partial charge on any atom is -0.436 e. The van der Waals surface area contributed by atoms with Crippen molar-refractivity contribution >= 4 is 38.9 Å². The van der Waals surface area contributed by atoms with E-state index < -0.39 is 33.8 Å². The Balaban J connectivity index is 2.01. The van der Waals surface area contributed by atoms with Crippen LogP contribution in [0.25, 0.3) is 11.1 Å². The molecule has 0 fully saturated rings. The first-order valence-corrected chi connectivity index (χ1v) is 25.1. The summed E-state index contributed by atoms with van der Waals surface area (Å²) >= 11 is 0. The van der Waals surface area contributed by atoms with E-state index in [-0.39, 0.29) is 0 Å². The van der Waals surface area contributed by atoms with Gasteiger partial charge in [-0.15, -0.1) is 0 Å². The van der Waals surface area contributed by atoms with E-state index >= 15 is 0 Å². The minimum atomic E-state index is -2.40. The van der Waals surface area contributed by atoms with E-state index in [1.54, 1.807) is 0 Å². The van der Waals surface area contributed by atoms with E-state index in [0.717, 1.165) is 11.1 Å². The van der Waals surface area contributed by atoms with Crippen LogP contribution < -0.4 is 5.19 Å². The summed E-state index contributed by atoms with van der Waals surface area (Å²) in [6.07, 6.45) is 6.52. The molecule has 8 heteroatoms. The van der Waals surface area contributed by atoms with Crippen LogP contribution in [0.1, 0.15) is 44.6 Å². The molecule has 36 heavy (non-hydrogen) atoms. The maximum atomic E-state index is 9.03. The molecule has 0 aliphatic rings. The molecule has 0 bridgehead atoms. The zero-order chi connectivity index (χ0) is 27.0. The average Bonchev–Trinajstić information content (AvgIpc) is 2.76. The third-order valence-electron chi connectivity index (χ3n) is 6.32. The smallest absolute Gasteiger partial charge is 0.312 e. The van der Waals surface area contributed by atoms with Gasteiger partial charge in [0.1, 0.15) is 0 Å². The normalized spacial score (nSPS) is 13.0. The molecule has 0 atom stereocenters. The van der Waals surface area contributed by atoms with E-state index in [0.29, 0.717) is 5.56 Å². The highest BCUT2D eigenvalue weighted by Gasteiger charge is 2.43. The van der Waals surface area contributed by atoms with Crippen LogP contribution in [0, 0.1) is 11.3 Å². The van der Waals surface area contributed by atoms with Gasteiger partial charge in [-0.2, -0.15) is 5.26 Å². The summed E-state index contributed by atoms with van der Waals surface area (Å²) in [5.41, 5.74) is 2.93. The molecule has 0 aromatic heterocycles. The minimum absolute atomic E-state index is 0.679. The van der Waals surface area contributed by atoms with Crippen LogP contribution in [0.15, 0.2) is 48.5 Å². The Kier molecular flexibility index (Phi) is 11.1. The van der Waals surface area contributed by atoms with Crippen LogP contribution in [0.2, 0.25) is 58.4 Å². The highest BCUT2D eigenvalue weighted by molar-refractivity contribution is 6.93. The van der Waals surface area contributed by atoms with Gasteiger partial charge in [0.05, 0.1) is 11.6 Å². The van der Waals surface area contributed by atoms with Gasteiger partial charge in [-0.05, 0) is 86.9 Å². The predicted molar refractivity (Wildman–Crippen MR) is 163 cm³/mol. The summed E-state index contributed by atoms with van der Waals surface area (Å²) in [5, 5.41) is 10.3. The lowest BCUT2D eigenvalue weighted by Crippen LogP contribution is -2.59. The fraction of sp³-hybridized carbons (Fsp3) is 0.536. The molecular formula is C28H47NO3Si4. The van der Waals surface area contributed by atoms with Crippen LogP contribution >= 0.6 is 0 Å². The molecular weight excluding hydrogens is 511 g/mol. The number of nitriles is 1. The average molecular weight is 558 g/mol. The second-order valence-corrected chi connectivity index (χ2v) is 27.5. The molecule has 0 amide bonds. The molecule has 0 N–H and O–H groups in total. The van der Waals surface area contributed by atoms with Crippen molar-refractivity contribution in [2.75, 3.05) is 0 Å². The van der Waals surface area contributed by atoms with Crippen molar-refractivity contribution in [3.8, 4) is 17.2 Å². The van der Waals surface area contributed by atoms with Crippen LogP contribution in [0.5, 0.6) is 0 Å². The standard InChI is InChI=1S/C28H47NO3Si4/c1-10-11-12-13-14-23-33(2,3)30-35(6,7)32-36(8,9)31-34(4,5)28-21-19-27(20-22-28)26-17-15-25(24-29)16-18-26/h15-22H,10-14,23H2,1-9H3. The maximum absolute atomic E-state index is 9.03. The fourth-order valence-electron chi connectivity index (χ4n) is 4.98. The zero-order valence-corrected chi connectivity index (χ0v) is 28.0. The Morgan fingerprint density at radius 1 is 0.639 bits per heavy atom. The molecule has 0 spiro atoms. The Labute approximate surface area is 224 Å². The summed E-state index contributed by atoms with van der Waals surface area (Å²) < 4.78 is 20.4. The molecule has 0 radical (unpaired) electrons.